The van der Waals surface area contributed by atoms with Crippen LogP contribution >= 0.6 is 0 Å². The van der Waals surface area contributed by atoms with Crippen LogP contribution in [0, 0.1) is 6.01 Å². The fourth-order valence-corrected chi connectivity index (χ4v) is 6.38. The molecule has 1 aromatic carbocycles. The van der Waals surface area contributed by atoms with E-state index in [0.717, 1.165) is 0 Å². The van der Waals surface area contributed by atoms with Crippen molar-refractivity contribution in [1.82, 2.24) is 0 Å². The number of rotatable bonds is 2. The van der Waals surface area contributed by atoms with Gasteiger partial charge in [-0.3, -0.25) is 0 Å². The molecule has 0 bridgehead atoms. The Balaban J connectivity index is 2.15. The molecule has 0 saturated carbocycles. The minimum atomic E-state index is 0.150. The van der Waals surface area contributed by atoms with Gasteiger partial charge >= 0.3 is 89.1 Å². The summed E-state index contributed by atoms with van der Waals surface area (Å²) in [7, 11) is 0. The van der Waals surface area contributed by atoms with Crippen LogP contribution in [0.3, 0.4) is 0 Å². The Morgan fingerprint density at radius 3 is 2.42 bits per heavy atom. The van der Waals surface area contributed by atoms with Crippen molar-refractivity contribution in [3.8, 4) is 0 Å². The molecule has 0 amide bonds. The molecule has 0 spiro atoms. The van der Waals surface area contributed by atoms with Crippen LogP contribution in [0.1, 0.15) is 0 Å². The molecular weight excluding hydrogens is 326 g/mol. The van der Waals surface area contributed by atoms with E-state index < -0.39 is 0 Å². The van der Waals surface area contributed by atoms with Gasteiger partial charge in [-0.25, -0.2) is 0 Å². The summed E-state index contributed by atoms with van der Waals surface area (Å²) in [6.07, 6.45) is 0. The topological polar surface area (TPSA) is 0 Å². The molecule has 0 nitrogen and oxygen atoms in total. The molecular formula is C10H8ISe+. The first kappa shape index (κ1) is 8.54. The SMILES string of the molecule is c1ccc([I+]c2ccc[se]2)cc1. The third kappa shape index (κ3) is 2.22. The van der Waals surface area contributed by atoms with Crippen LogP contribution in [0.5, 0.6) is 0 Å². The van der Waals surface area contributed by atoms with E-state index in [1.54, 1.807) is 2.44 Å². The third-order valence-corrected chi connectivity index (χ3v) is 7.44. The predicted octanol–water partition coefficient (Wildman–Crippen LogP) is -1.13. The van der Waals surface area contributed by atoms with Gasteiger partial charge in [-0.1, -0.05) is 0 Å². The molecule has 0 atom stereocenters. The van der Waals surface area contributed by atoms with E-state index >= 15 is 0 Å². The quantitative estimate of drug-likeness (QED) is 0.482. The van der Waals surface area contributed by atoms with E-state index in [2.05, 4.69) is 47.4 Å². The van der Waals surface area contributed by atoms with Crippen LogP contribution in [-0.2, 0) is 0 Å². The fourth-order valence-electron chi connectivity index (χ4n) is 0.897. The molecule has 0 aliphatic heterocycles. The number of benzene rings is 1. The van der Waals surface area contributed by atoms with Crippen molar-refractivity contribution in [1.29, 1.82) is 0 Å². The van der Waals surface area contributed by atoms with Crippen molar-refractivity contribution in [3.05, 3.63) is 53.4 Å². The Morgan fingerprint density at radius 2 is 1.75 bits per heavy atom. The van der Waals surface area contributed by atoms with Crippen LogP contribution in [0.25, 0.3) is 0 Å². The summed E-state index contributed by atoms with van der Waals surface area (Å²) in [6.45, 7) is 0. The van der Waals surface area contributed by atoms with E-state index in [4.69, 9.17) is 0 Å². The Labute approximate surface area is 88.6 Å². The van der Waals surface area contributed by atoms with Crippen molar-refractivity contribution in [3.63, 3.8) is 0 Å². The van der Waals surface area contributed by atoms with Gasteiger partial charge in [0.15, 0.2) is 0 Å². The second-order valence-electron chi connectivity index (χ2n) is 2.31. The maximum absolute atomic E-state index is 2.30. The molecule has 0 radical (unpaired) electrons. The van der Waals surface area contributed by atoms with Crippen LogP contribution in [-0.4, -0.2) is 14.5 Å². The van der Waals surface area contributed by atoms with Gasteiger partial charge in [0.1, 0.15) is 0 Å². The van der Waals surface area contributed by atoms with Gasteiger partial charge in [0, 0.05) is 0 Å². The monoisotopic (exact) mass is 335 g/mol. The predicted molar refractivity (Wildman–Crippen MR) is 47.2 cm³/mol. The molecule has 0 N–H and O–H groups in total. The Bertz CT molecular complexity index is 326. The number of hydrogen-bond donors (Lipinski definition) is 0. The first-order chi connectivity index (χ1) is 5.95. The van der Waals surface area contributed by atoms with E-state index in [0.29, 0.717) is 14.5 Å². The normalized spacial score (nSPS) is 10.0. The average molecular weight is 334 g/mol. The zero-order chi connectivity index (χ0) is 8.23. The summed E-state index contributed by atoms with van der Waals surface area (Å²) in [5.74, 6) is 0. The Kier molecular flexibility index (Phi) is 3.03. The van der Waals surface area contributed by atoms with Gasteiger partial charge < -0.3 is 0 Å². The van der Waals surface area contributed by atoms with Crippen LogP contribution in [0.4, 0.5) is 0 Å². The van der Waals surface area contributed by atoms with Gasteiger partial charge in [0.2, 0.25) is 0 Å². The standard InChI is InChI=1S/C10H8ISe/c1-2-5-9(6-3-1)11-10-7-4-8-12-10/h1-8H/q+1. The molecule has 0 saturated heterocycles. The first-order valence-electron chi connectivity index (χ1n) is 3.68. The molecule has 2 rings (SSSR count). The molecule has 0 aliphatic carbocycles. The van der Waals surface area contributed by atoms with Crippen molar-refractivity contribution in [2.75, 3.05) is 0 Å². The van der Waals surface area contributed by atoms with Crippen molar-refractivity contribution >= 4 is 14.5 Å². The van der Waals surface area contributed by atoms with E-state index in [1.807, 2.05) is 0 Å². The summed E-state index contributed by atoms with van der Waals surface area (Å²) in [6, 6.07) is 15.3. The maximum atomic E-state index is 2.30. The first-order valence-corrected chi connectivity index (χ1v) is 7.69. The van der Waals surface area contributed by atoms with E-state index in [9.17, 15) is 0 Å². The molecule has 60 valence electrons. The zero-order valence-electron chi connectivity index (χ0n) is 6.41. The van der Waals surface area contributed by atoms with E-state index in [1.165, 1.54) is 3.57 Å². The summed E-state index contributed by atoms with van der Waals surface area (Å²) in [5, 5.41) is 0. The fraction of sp³-hybridized carbons (Fsp3) is 0. The molecule has 0 aliphatic rings. The van der Waals surface area contributed by atoms with Crippen LogP contribution in [0.2, 0.25) is 0 Å². The van der Waals surface area contributed by atoms with Gasteiger partial charge in [0.25, 0.3) is 0 Å². The van der Waals surface area contributed by atoms with Gasteiger partial charge in [0.05, 0.1) is 0 Å². The second kappa shape index (κ2) is 4.26. The molecule has 2 heteroatoms. The van der Waals surface area contributed by atoms with Crippen LogP contribution < -0.4 is 21.2 Å². The Hall–Kier alpha value is -0.0505. The molecule has 12 heavy (non-hydrogen) atoms. The van der Waals surface area contributed by atoms with Crippen molar-refractivity contribution in [2.45, 2.75) is 0 Å². The van der Waals surface area contributed by atoms with Gasteiger partial charge in [-0.2, -0.15) is 0 Å². The molecule has 1 aromatic heterocycles. The second-order valence-corrected chi connectivity index (χ2v) is 8.89. The minimum absolute atomic E-state index is 0.150. The summed E-state index contributed by atoms with van der Waals surface area (Å²) in [4.78, 5) is 2.30. The Morgan fingerprint density at radius 1 is 0.917 bits per heavy atom. The van der Waals surface area contributed by atoms with Crippen molar-refractivity contribution in [2.24, 2.45) is 0 Å². The summed E-state index contributed by atoms with van der Waals surface area (Å²) < 4.78 is 3.22. The summed E-state index contributed by atoms with van der Waals surface area (Å²) >= 11 is 0.819. The third-order valence-electron chi connectivity index (χ3n) is 1.42. The van der Waals surface area contributed by atoms with Crippen molar-refractivity contribution < 1.29 is 21.2 Å². The summed E-state index contributed by atoms with van der Waals surface area (Å²) in [5.41, 5.74) is 0. The molecule has 1 heterocycles. The molecule has 2 aromatic rings. The van der Waals surface area contributed by atoms with Gasteiger partial charge in [-0.05, 0) is 0 Å². The van der Waals surface area contributed by atoms with Crippen LogP contribution in [0.15, 0.2) is 47.4 Å². The molecule has 0 unspecified atom stereocenters. The zero-order valence-corrected chi connectivity index (χ0v) is 10.3. The molecule has 0 fully saturated rings. The van der Waals surface area contributed by atoms with Gasteiger partial charge in [-0.15, -0.1) is 0 Å². The average Bonchev–Trinajstić information content (AvgIpc) is 2.59. The number of hydrogen-bond acceptors (Lipinski definition) is 0. The van der Waals surface area contributed by atoms with E-state index in [-0.39, 0.29) is 21.2 Å². The number of halogens is 1.